The number of nitrogens with zero attached hydrogens (tertiary/aromatic N) is 2. The van der Waals surface area contributed by atoms with Crippen LogP contribution < -0.4 is 39.3 Å². The summed E-state index contributed by atoms with van der Waals surface area (Å²) in [5.41, 5.74) is 0.841. The number of halogens is 2. The van der Waals surface area contributed by atoms with Crippen molar-refractivity contribution in [2.45, 2.75) is 168 Å². The lowest BCUT2D eigenvalue weighted by Gasteiger charge is -2.54. The topological polar surface area (TPSA) is 38.3 Å². The van der Waals surface area contributed by atoms with Crippen molar-refractivity contribution in [3.05, 3.63) is 12.2 Å². The highest BCUT2D eigenvalue weighted by molar-refractivity contribution is 5.86. The van der Waals surface area contributed by atoms with E-state index >= 15 is 0 Å². The van der Waals surface area contributed by atoms with Gasteiger partial charge >= 0.3 is 5.97 Å². The third-order valence-corrected chi connectivity index (χ3v) is 9.75. The van der Waals surface area contributed by atoms with E-state index in [1.807, 2.05) is 0 Å². The Morgan fingerprint density at radius 2 is 1.11 bits per heavy atom. The normalized spacial score (nSPS) is 17.7. The first-order valence-corrected chi connectivity index (χ1v) is 18.0. The molecule has 1 saturated heterocycles. The quantitative estimate of drug-likeness (QED) is 0.0715. The fraction of sp³-hybridized carbons (Fsp3) is 0.919. The first kappa shape index (κ1) is 46.2. The smallest absolute Gasteiger partial charge is 0.333 e. The standard InChI is InChI=1S/C37H75N3O2.2BrH/c1-11-13-15-16-17-18-19-20-21-22-27-40(26-14-12-2,34-31-36(5,6)38-37(7,8)32-34)28-24-23-25-39(9,10)29-30-42-35(41)33(3)4;;/h34,38H,3,11-32H2,1-2,4-10H3;2*1H/q+2;;/p-2. The molecule has 0 aromatic carbocycles. The summed E-state index contributed by atoms with van der Waals surface area (Å²) in [7, 11) is 4.55. The van der Waals surface area contributed by atoms with E-state index in [2.05, 4.69) is 67.5 Å². The van der Waals surface area contributed by atoms with E-state index in [0.717, 1.165) is 23.6 Å². The molecule has 264 valence electrons. The van der Waals surface area contributed by atoms with Crippen molar-refractivity contribution in [2.24, 2.45) is 0 Å². The van der Waals surface area contributed by atoms with Crippen molar-refractivity contribution < 1.29 is 52.5 Å². The van der Waals surface area contributed by atoms with Crippen molar-refractivity contribution in [1.29, 1.82) is 0 Å². The minimum absolute atomic E-state index is 0. The van der Waals surface area contributed by atoms with Gasteiger partial charge in [0.25, 0.3) is 0 Å². The van der Waals surface area contributed by atoms with Gasteiger partial charge in [-0.15, -0.1) is 0 Å². The molecule has 1 unspecified atom stereocenters. The number of carbonyl (C=O) groups excluding carboxylic acids is 1. The molecule has 1 atom stereocenters. The maximum absolute atomic E-state index is 11.8. The summed E-state index contributed by atoms with van der Waals surface area (Å²) in [6.45, 7) is 26.2. The van der Waals surface area contributed by atoms with Gasteiger partial charge in [0.05, 0.1) is 46.3 Å². The Morgan fingerprint density at radius 1 is 0.705 bits per heavy atom. The molecule has 1 fully saturated rings. The lowest BCUT2D eigenvalue weighted by molar-refractivity contribution is -0.954. The summed E-state index contributed by atoms with van der Waals surface area (Å²) in [6.07, 6.45) is 21.7. The van der Waals surface area contributed by atoms with Crippen LogP contribution in [0.15, 0.2) is 12.2 Å². The highest BCUT2D eigenvalue weighted by atomic mass is 79.9. The van der Waals surface area contributed by atoms with Gasteiger partial charge in [0, 0.05) is 42.3 Å². The average molecular weight is 754 g/mol. The van der Waals surface area contributed by atoms with E-state index in [1.54, 1.807) is 6.92 Å². The number of quaternary nitrogens is 2. The van der Waals surface area contributed by atoms with Crippen LogP contribution in [0.5, 0.6) is 0 Å². The zero-order chi connectivity index (χ0) is 31.7. The van der Waals surface area contributed by atoms with Gasteiger partial charge in [-0.3, -0.25) is 0 Å². The van der Waals surface area contributed by atoms with Crippen LogP contribution in [0.4, 0.5) is 0 Å². The number of likely N-dealkylation sites (N-methyl/N-ethyl adjacent to an activating group) is 1. The summed E-state index contributed by atoms with van der Waals surface area (Å²) in [6, 6.07) is 0.727. The zero-order valence-electron chi connectivity index (χ0n) is 30.8. The summed E-state index contributed by atoms with van der Waals surface area (Å²) in [5.74, 6) is -0.271. The summed E-state index contributed by atoms with van der Waals surface area (Å²) in [5, 5.41) is 3.97. The van der Waals surface area contributed by atoms with Gasteiger partial charge in [-0.25, -0.2) is 4.79 Å². The molecule has 1 aliphatic rings. The largest absolute Gasteiger partial charge is 1.00 e. The predicted octanol–water partition coefficient (Wildman–Crippen LogP) is 2.82. The van der Waals surface area contributed by atoms with E-state index in [-0.39, 0.29) is 51.0 Å². The number of nitrogens with one attached hydrogen (secondary N) is 1. The molecule has 0 aromatic rings. The van der Waals surface area contributed by atoms with Gasteiger partial charge in [0.15, 0.2) is 0 Å². The molecule has 1 N–H and O–H groups in total. The van der Waals surface area contributed by atoms with Gasteiger partial charge in [0.2, 0.25) is 0 Å². The SMILES string of the molecule is C=C(C)C(=O)OCC[N+](C)(C)CCCC[N+](CCCC)(CCCCCCCCCCCC)C1CC(C)(C)NC(C)(C)C1.[Br-].[Br-]. The van der Waals surface area contributed by atoms with Crippen molar-refractivity contribution in [3.63, 3.8) is 0 Å². The Balaban J connectivity index is 0. The second-order valence-corrected chi connectivity index (χ2v) is 15.9. The fourth-order valence-corrected chi connectivity index (χ4v) is 7.51. The Morgan fingerprint density at radius 3 is 1.59 bits per heavy atom. The molecule has 7 heteroatoms. The van der Waals surface area contributed by atoms with Crippen LogP contribution in [0, 0.1) is 0 Å². The van der Waals surface area contributed by atoms with Crippen LogP contribution in [0.1, 0.15) is 151 Å². The number of carbonyl (C=O) groups is 1. The van der Waals surface area contributed by atoms with Gasteiger partial charge in [-0.05, 0) is 53.9 Å². The summed E-state index contributed by atoms with van der Waals surface area (Å²) >= 11 is 0. The Labute approximate surface area is 296 Å². The predicted molar refractivity (Wildman–Crippen MR) is 183 cm³/mol. The molecule has 0 aromatic heterocycles. The number of ether oxygens (including phenoxy) is 1. The second-order valence-electron chi connectivity index (χ2n) is 15.9. The maximum Gasteiger partial charge on any atom is 0.333 e. The number of esters is 1. The molecule has 0 aliphatic carbocycles. The molecule has 0 saturated carbocycles. The van der Waals surface area contributed by atoms with Gasteiger partial charge in [0.1, 0.15) is 13.2 Å². The van der Waals surface area contributed by atoms with E-state index in [9.17, 15) is 4.79 Å². The van der Waals surface area contributed by atoms with Crippen molar-refractivity contribution >= 4 is 5.97 Å². The summed E-state index contributed by atoms with van der Waals surface area (Å²) in [4.78, 5) is 11.8. The lowest BCUT2D eigenvalue weighted by atomic mass is 9.77. The minimum Gasteiger partial charge on any atom is -1.00 e. The highest BCUT2D eigenvalue weighted by Crippen LogP contribution is 2.36. The van der Waals surface area contributed by atoms with E-state index in [1.165, 1.54) is 127 Å². The van der Waals surface area contributed by atoms with E-state index in [4.69, 9.17) is 4.74 Å². The molecule has 5 nitrogen and oxygen atoms in total. The Kier molecular flexibility index (Phi) is 24.5. The van der Waals surface area contributed by atoms with Gasteiger partial charge in [-0.2, -0.15) is 0 Å². The minimum atomic E-state index is -0.271. The number of hydrogen-bond acceptors (Lipinski definition) is 3. The molecule has 1 rings (SSSR count). The van der Waals surface area contributed by atoms with Crippen LogP contribution in [-0.4, -0.2) is 85.5 Å². The number of rotatable bonds is 24. The molecule has 0 spiro atoms. The monoisotopic (exact) mass is 751 g/mol. The van der Waals surface area contributed by atoms with Crippen LogP contribution in [-0.2, 0) is 9.53 Å². The van der Waals surface area contributed by atoms with Crippen LogP contribution in [0.2, 0.25) is 0 Å². The highest BCUT2D eigenvalue weighted by Gasteiger charge is 2.47. The van der Waals surface area contributed by atoms with Gasteiger partial charge in [-0.1, -0.05) is 78.2 Å². The third kappa shape index (κ3) is 19.7. The zero-order valence-corrected chi connectivity index (χ0v) is 34.0. The van der Waals surface area contributed by atoms with Crippen LogP contribution in [0.3, 0.4) is 0 Å². The first-order chi connectivity index (χ1) is 19.7. The van der Waals surface area contributed by atoms with Gasteiger partial charge < -0.3 is 53.0 Å². The number of piperidine rings is 1. The third-order valence-electron chi connectivity index (χ3n) is 9.75. The van der Waals surface area contributed by atoms with Crippen molar-refractivity contribution in [2.75, 3.05) is 53.4 Å². The van der Waals surface area contributed by atoms with Crippen LogP contribution in [0.25, 0.3) is 0 Å². The molecular weight excluding hydrogens is 678 g/mol. The fourth-order valence-electron chi connectivity index (χ4n) is 7.51. The van der Waals surface area contributed by atoms with E-state index in [0.29, 0.717) is 12.2 Å². The Bertz CT molecular complexity index is 756. The lowest BCUT2D eigenvalue weighted by Crippen LogP contribution is -3.00. The molecule has 0 amide bonds. The number of hydrogen-bond donors (Lipinski definition) is 1. The molecule has 0 radical (unpaired) electrons. The van der Waals surface area contributed by atoms with Crippen LogP contribution >= 0.6 is 0 Å². The average Bonchev–Trinajstić information content (AvgIpc) is 2.88. The van der Waals surface area contributed by atoms with E-state index < -0.39 is 0 Å². The molecule has 0 bridgehead atoms. The maximum atomic E-state index is 11.8. The van der Waals surface area contributed by atoms with Crippen molar-refractivity contribution in [3.8, 4) is 0 Å². The molecule has 1 aliphatic heterocycles. The molecule has 1 heterocycles. The first-order valence-electron chi connectivity index (χ1n) is 18.0. The van der Waals surface area contributed by atoms with Crippen molar-refractivity contribution in [1.82, 2.24) is 5.32 Å². The molecule has 44 heavy (non-hydrogen) atoms. The summed E-state index contributed by atoms with van der Waals surface area (Å²) < 4.78 is 7.62. The molecular formula is C37H75Br2N3O2. The second kappa shape index (κ2) is 23.4. The number of unbranched alkanes of at least 4 members (excludes halogenated alkanes) is 11. The Hall–Kier alpha value is 0.0500.